The van der Waals surface area contributed by atoms with Gasteiger partial charge in [0.2, 0.25) is 0 Å². The summed E-state index contributed by atoms with van der Waals surface area (Å²) < 4.78 is 33.0. The Labute approximate surface area is 179 Å². The van der Waals surface area contributed by atoms with Gasteiger partial charge in [-0.3, -0.25) is 5.01 Å². The fraction of sp³-hybridized carbons (Fsp3) is 0.0909. The summed E-state index contributed by atoms with van der Waals surface area (Å²) in [7, 11) is 0. The van der Waals surface area contributed by atoms with Crippen molar-refractivity contribution in [2.45, 2.75) is 13.1 Å². The zero-order valence-corrected chi connectivity index (χ0v) is 16.4. The number of hydrogen-bond acceptors (Lipinski definition) is 6. The Morgan fingerprint density at radius 3 is 2.88 bits per heavy atom. The van der Waals surface area contributed by atoms with E-state index in [9.17, 15) is 13.6 Å². The second kappa shape index (κ2) is 7.73. The number of benzene rings is 2. The molecule has 5 rings (SSSR count). The van der Waals surface area contributed by atoms with Crippen molar-refractivity contribution in [1.82, 2.24) is 20.1 Å². The number of nitrogens with zero attached hydrogens (tertiary/aromatic N) is 4. The Bertz CT molecular complexity index is 1360. The lowest BCUT2D eigenvalue weighted by Crippen LogP contribution is -2.21. The van der Waals surface area contributed by atoms with Gasteiger partial charge in [0.1, 0.15) is 11.5 Å². The Morgan fingerprint density at radius 1 is 1.19 bits per heavy atom. The van der Waals surface area contributed by atoms with E-state index in [2.05, 4.69) is 20.2 Å². The van der Waals surface area contributed by atoms with Crippen molar-refractivity contribution in [2.75, 3.05) is 0 Å². The number of fused-ring (bicyclic) bond motifs is 1. The molecule has 2 aromatic carbocycles. The first-order chi connectivity index (χ1) is 15.5. The minimum Gasteiger partial charge on any atom is -0.478 e. The number of carbonyl (C=O) groups is 1. The summed E-state index contributed by atoms with van der Waals surface area (Å²) in [4.78, 5) is 18.5. The van der Waals surface area contributed by atoms with Crippen molar-refractivity contribution in [1.29, 1.82) is 0 Å². The van der Waals surface area contributed by atoms with Gasteiger partial charge in [-0.2, -0.15) is 5.10 Å². The molecule has 4 aromatic rings. The second-order valence-corrected chi connectivity index (χ2v) is 7.18. The van der Waals surface area contributed by atoms with Crippen LogP contribution in [-0.2, 0) is 13.1 Å². The van der Waals surface area contributed by atoms with Crippen molar-refractivity contribution in [3.05, 3.63) is 82.9 Å². The molecule has 0 radical (unpaired) electrons. The zero-order valence-electron chi connectivity index (χ0n) is 16.4. The van der Waals surface area contributed by atoms with E-state index >= 15 is 0 Å². The summed E-state index contributed by atoms with van der Waals surface area (Å²) in [5.41, 5.74) is 2.58. The Hall–Kier alpha value is -4.34. The highest BCUT2D eigenvalue weighted by Gasteiger charge is 2.21. The molecule has 10 heteroatoms. The van der Waals surface area contributed by atoms with Gasteiger partial charge >= 0.3 is 5.97 Å². The SMILES string of the molecule is O=C(O)c1cccc(-c2cc(CN3Cc4nc(-c5cccc(F)c5F)[nH]c4C=N3)on2)c1. The molecule has 32 heavy (non-hydrogen) atoms. The van der Waals surface area contributed by atoms with Crippen LogP contribution in [0.5, 0.6) is 0 Å². The molecular weight excluding hydrogens is 420 g/mol. The van der Waals surface area contributed by atoms with Crippen molar-refractivity contribution in [2.24, 2.45) is 5.10 Å². The predicted molar refractivity (Wildman–Crippen MR) is 110 cm³/mol. The minimum atomic E-state index is -1.02. The van der Waals surface area contributed by atoms with Crippen molar-refractivity contribution < 1.29 is 23.2 Å². The molecule has 160 valence electrons. The molecule has 0 amide bonds. The highest BCUT2D eigenvalue weighted by Crippen LogP contribution is 2.26. The average Bonchev–Trinajstić information content (AvgIpc) is 3.42. The molecule has 0 bridgehead atoms. The topological polar surface area (TPSA) is 108 Å². The standard InChI is InChI=1S/C22H15F2N5O3/c23-16-6-2-5-15(20(16)24)21-26-18-9-25-29(11-19(18)27-21)10-14-8-17(28-32-14)12-3-1-4-13(7-12)22(30)31/h1-9H,10-11H2,(H,26,27)(H,30,31). The molecule has 0 saturated carbocycles. The van der Waals surface area contributed by atoms with Gasteiger partial charge in [0.15, 0.2) is 17.4 Å². The molecule has 0 unspecified atom stereocenters. The van der Waals surface area contributed by atoms with Gasteiger partial charge in [-0.25, -0.2) is 18.6 Å². The van der Waals surface area contributed by atoms with Gasteiger partial charge in [0.25, 0.3) is 0 Å². The van der Waals surface area contributed by atoms with Gasteiger partial charge < -0.3 is 14.6 Å². The lowest BCUT2D eigenvalue weighted by atomic mass is 10.1. The van der Waals surface area contributed by atoms with Crippen molar-refractivity contribution >= 4 is 12.2 Å². The van der Waals surface area contributed by atoms with Crippen LogP contribution in [0.1, 0.15) is 27.5 Å². The summed E-state index contributed by atoms with van der Waals surface area (Å²) in [6.07, 6.45) is 1.56. The normalized spacial score (nSPS) is 12.8. The molecular formula is C22H15F2N5O3. The maximum Gasteiger partial charge on any atom is 0.335 e. The van der Waals surface area contributed by atoms with Crippen LogP contribution in [0.3, 0.4) is 0 Å². The van der Waals surface area contributed by atoms with Crippen LogP contribution < -0.4 is 0 Å². The summed E-state index contributed by atoms with van der Waals surface area (Å²) in [6.45, 7) is 0.613. The van der Waals surface area contributed by atoms with E-state index in [0.717, 1.165) is 6.07 Å². The van der Waals surface area contributed by atoms with E-state index in [-0.39, 0.29) is 23.5 Å². The first kappa shape index (κ1) is 19.6. The number of aromatic amines is 1. The van der Waals surface area contributed by atoms with E-state index < -0.39 is 17.6 Å². The molecule has 0 spiro atoms. The largest absolute Gasteiger partial charge is 0.478 e. The number of rotatable bonds is 5. The average molecular weight is 435 g/mol. The first-order valence-corrected chi connectivity index (χ1v) is 9.59. The zero-order chi connectivity index (χ0) is 22.2. The summed E-state index contributed by atoms with van der Waals surface area (Å²) in [5, 5.41) is 19.2. The molecule has 2 aromatic heterocycles. The fourth-order valence-corrected chi connectivity index (χ4v) is 3.43. The van der Waals surface area contributed by atoms with Crippen LogP contribution in [0.25, 0.3) is 22.6 Å². The van der Waals surface area contributed by atoms with E-state index in [4.69, 9.17) is 9.63 Å². The lowest BCUT2D eigenvalue weighted by Gasteiger charge is -2.19. The number of aromatic carboxylic acids is 1. The summed E-state index contributed by atoms with van der Waals surface area (Å²) in [6, 6.07) is 12.0. The van der Waals surface area contributed by atoms with Crippen LogP contribution in [0, 0.1) is 11.6 Å². The minimum absolute atomic E-state index is 0.0443. The molecule has 0 saturated heterocycles. The van der Waals surface area contributed by atoms with Gasteiger partial charge in [0.05, 0.1) is 41.8 Å². The Morgan fingerprint density at radius 2 is 2.03 bits per heavy atom. The Balaban J connectivity index is 1.32. The number of hydrogen-bond donors (Lipinski definition) is 2. The molecule has 8 nitrogen and oxygen atoms in total. The maximum absolute atomic E-state index is 14.1. The maximum atomic E-state index is 14.1. The summed E-state index contributed by atoms with van der Waals surface area (Å²) in [5.74, 6) is -2.19. The third kappa shape index (κ3) is 3.62. The third-order valence-corrected chi connectivity index (χ3v) is 5.00. The number of aromatic nitrogens is 3. The number of H-pyrrole nitrogens is 1. The molecule has 2 N–H and O–H groups in total. The predicted octanol–water partition coefficient (Wildman–Crippen LogP) is 4.06. The molecule has 1 aliphatic heterocycles. The number of carboxylic acids is 1. The third-order valence-electron chi connectivity index (χ3n) is 5.00. The molecule has 3 heterocycles. The summed E-state index contributed by atoms with van der Waals surface area (Å²) >= 11 is 0. The van der Waals surface area contributed by atoms with E-state index in [0.29, 0.717) is 35.0 Å². The Kier molecular flexibility index (Phi) is 4.74. The van der Waals surface area contributed by atoms with Crippen molar-refractivity contribution in [3.8, 4) is 22.6 Å². The van der Waals surface area contributed by atoms with Crippen LogP contribution >= 0.6 is 0 Å². The van der Waals surface area contributed by atoms with Crippen molar-refractivity contribution in [3.63, 3.8) is 0 Å². The molecule has 0 fully saturated rings. The smallest absolute Gasteiger partial charge is 0.335 e. The van der Waals surface area contributed by atoms with Crippen LogP contribution in [0.4, 0.5) is 8.78 Å². The van der Waals surface area contributed by atoms with Gasteiger partial charge in [-0.1, -0.05) is 23.4 Å². The van der Waals surface area contributed by atoms with Crippen LogP contribution in [0.2, 0.25) is 0 Å². The number of carboxylic acid groups (broad SMARTS) is 1. The van der Waals surface area contributed by atoms with Crippen LogP contribution in [0.15, 0.2) is 58.2 Å². The number of halogens is 2. The number of imidazole rings is 1. The highest BCUT2D eigenvalue weighted by molar-refractivity contribution is 5.89. The molecule has 0 aliphatic carbocycles. The van der Waals surface area contributed by atoms with E-state index in [1.165, 1.54) is 24.3 Å². The monoisotopic (exact) mass is 435 g/mol. The quantitative estimate of drug-likeness (QED) is 0.490. The van der Waals surface area contributed by atoms with Gasteiger partial charge in [-0.05, 0) is 24.3 Å². The molecule has 0 atom stereocenters. The molecule has 1 aliphatic rings. The van der Waals surface area contributed by atoms with E-state index in [1.54, 1.807) is 29.4 Å². The van der Waals surface area contributed by atoms with E-state index in [1.807, 2.05) is 0 Å². The van der Waals surface area contributed by atoms with Crippen LogP contribution in [-0.4, -0.2) is 37.4 Å². The van der Waals surface area contributed by atoms with Gasteiger partial charge in [0, 0.05) is 11.6 Å². The highest BCUT2D eigenvalue weighted by atomic mass is 19.2. The van der Waals surface area contributed by atoms with Gasteiger partial charge in [-0.15, -0.1) is 0 Å². The lowest BCUT2D eigenvalue weighted by molar-refractivity contribution is 0.0697. The fourth-order valence-electron chi connectivity index (χ4n) is 3.43. The number of hydrazone groups is 1. The second-order valence-electron chi connectivity index (χ2n) is 7.18. The first-order valence-electron chi connectivity index (χ1n) is 9.59. The number of nitrogens with one attached hydrogen (secondary N) is 1.